The molecule has 2 heterocycles. The van der Waals surface area contributed by atoms with Gasteiger partial charge in [-0.2, -0.15) is 0 Å². The Morgan fingerprint density at radius 2 is 1.54 bits per heavy atom. The molecule has 9 N–H and O–H groups in total. The van der Waals surface area contributed by atoms with Crippen LogP contribution >= 0.6 is 11.3 Å². The average Bonchev–Trinajstić information content (AvgIpc) is 3.79. The number of guanidine groups is 1. The fourth-order valence-corrected chi connectivity index (χ4v) is 7.93. The number of aromatic amines is 1. The molecule has 297 valence electrons. The van der Waals surface area contributed by atoms with Crippen LogP contribution in [-0.2, 0) is 32.0 Å². The van der Waals surface area contributed by atoms with E-state index in [9.17, 15) is 24.0 Å². The Bertz CT molecular complexity index is 2200. The van der Waals surface area contributed by atoms with Gasteiger partial charge in [-0.1, -0.05) is 74.5 Å². The van der Waals surface area contributed by atoms with Gasteiger partial charge < -0.3 is 37.7 Å². The second kappa shape index (κ2) is 19.3. The molecule has 0 aliphatic carbocycles. The zero-order valence-electron chi connectivity index (χ0n) is 32.1. The first-order chi connectivity index (χ1) is 27.2. The highest BCUT2D eigenvalue weighted by Gasteiger charge is 2.38. The summed E-state index contributed by atoms with van der Waals surface area (Å²) in [5.41, 5.74) is 14.1. The van der Waals surface area contributed by atoms with Gasteiger partial charge in [-0.15, -0.1) is 11.3 Å². The van der Waals surface area contributed by atoms with Crippen LogP contribution in [0.2, 0.25) is 0 Å². The first-order valence-corrected chi connectivity index (χ1v) is 20.0. The number of hydrogen-bond donors (Lipinski definition) is 7. The van der Waals surface area contributed by atoms with Crippen molar-refractivity contribution < 1.29 is 24.0 Å². The number of ketones is 1. The van der Waals surface area contributed by atoms with Gasteiger partial charge in [0.25, 0.3) is 0 Å². The molecule has 57 heavy (non-hydrogen) atoms. The molecule has 4 amide bonds. The lowest BCUT2D eigenvalue weighted by Gasteiger charge is -2.32. The predicted molar refractivity (Wildman–Crippen MR) is 224 cm³/mol. The van der Waals surface area contributed by atoms with E-state index >= 15 is 0 Å². The fourth-order valence-electron chi connectivity index (χ4n) is 6.53. The number of amides is 4. The van der Waals surface area contributed by atoms with Gasteiger partial charge in [-0.3, -0.25) is 29.0 Å². The van der Waals surface area contributed by atoms with E-state index in [1.165, 1.54) is 18.3 Å². The summed E-state index contributed by atoms with van der Waals surface area (Å²) < 4.78 is 0.825. The van der Waals surface area contributed by atoms with Gasteiger partial charge in [-0.05, 0) is 54.5 Å². The largest absolute Gasteiger partial charge is 0.370 e. The lowest BCUT2D eigenvalue weighted by molar-refractivity contribution is -0.134. The van der Waals surface area contributed by atoms with Crippen LogP contribution in [0.25, 0.3) is 21.1 Å². The summed E-state index contributed by atoms with van der Waals surface area (Å²) in [5.74, 6) is -2.85. The monoisotopic (exact) mass is 806 g/mol. The number of carbonyl (C=O) groups is 5. The number of nitrogens with one attached hydrogen (secondary N) is 5. The summed E-state index contributed by atoms with van der Waals surface area (Å²) in [6, 6.07) is 20.8. The molecule has 3 radical (unpaired) electrons. The van der Waals surface area contributed by atoms with Crippen molar-refractivity contribution in [2.24, 2.45) is 22.4 Å². The Labute approximate surface area is 338 Å². The number of H-pyrrole nitrogens is 1. The van der Waals surface area contributed by atoms with Crippen LogP contribution in [-0.4, -0.2) is 85.4 Å². The van der Waals surface area contributed by atoms with Gasteiger partial charge in [-0.25, -0.2) is 4.98 Å². The molecule has 0 saturated heterocycles. The standard InChI is InChI=1S/C41H48N9O5SSi/c1-24(2)20-32(49-39(55)41(57,50-25(3)51)22-27-23-45-29-15-8-7-14-28(27)29)36(53)47-33(21-26-12-5-4-6-13-26)37(54)46-31(17-11-19-44-40(42)43)35(52)38-48-30-16-9-10-18-34(30)56-38/h4-10,12-16,18,23-24,31-33,45H,11,17,19-22H2,1-3H3,(H,46,54)(H,47,53)(H,49,55)(H,50,51)(H4,42,43,44)/t31-,32-,33?,41?/m0/s1. The van der Waals surface area contributed by atoms with Crippen molar-refractivity contribution >= 4 is 78.1 Å². The van der Waals surface area contributed by atoms with Crippen LogP contribution in [0.5, 0.6) is 0 Å². The summed E-state index contributed by atoms with van der Waals surface area (Å²) >= 11 is 1.23. The molecule has 0 aliphatic heterocycles. The first-order valence-electron chi connectivity index (χ1n) is 18.7. The van der Waals surface area contributed by atoms with Gasteiger partial charge in [0.15, 0.2) is 11.0 Å². The van der Waals surface area contributed by atoms with E-state index in [2.05, 4.69) is 46.5 Å². The van der Waals surface area contributed by atoms with Crippen LogP contribution < -0.4 is 32.7 Å². The van der Waals surface area contributed by atoms with Crippen LogP contribution in [0.1, 0.15) is 61.0 Å². The highest BCUT2D eigenvalue weighted by Crippen LogP contribution is 2.24. The number of aromatic nitrogens is 2. The van der Waals surface area contributed by atoms with Crippen LogP contribution in [0.3, 0.4) is 0 Å². The van der Waals surface area contributed by atoms with E-state index in [0.29, 0.717) is 11.9 Å². The molecule has 0 fully saturated rings. The smallest absolute Gasteiger partial charge is 0.243 e. The number of para-hydroxylation sites is 2. The zero-order valence-corrected chi connectivity index (χ0v) is 34.0. The van der Waals surface area contributed by atoms with Crippen molar-refractivity contribution in [2.75, 3.05) is 6.54 Å². The predicted octanol–water partition coefficient (Wildman–Crippen LogP) is 3.00. The third-order valence-corrected chi connectivity index (χ3v) is 10.8. The second-order valence-electron chi connectivity index (χ2n) is 14.4. The molecule has 0 saturated carbocycles. The fraction of sp³-hybridized carbons (Fsp3) is 0.341. The third kappa shape index (κ3) is 11.6. The van der Waals surface area contributed by atoms with Crippen molar-refractivity contribution in [1.82, 2.24) is 31.2 Å². The highest BCUT2D eigenvalue weighted by atomic mass is 32.1. The Balaban J connectivity index is 1.40. The summed E-state index contributed by atoms with van der Waals surface area (Å²) in [7, 11) is 3.58. The normalized spacial score (nSPS) is 13.9. The summed E-state index contributed by atoms with van der Waals surface area (Å²) in [6.45, 7) is 5.35. The Kier molecular flexibility index (Phi) is 14.3. The van der Waals surface area contributed by atoms with E-state index in [4.69, 9.17) is 11.5 Å². The molecule has 0 aliphatic rings. The topological polar surface area (TPSA) is 227 Å². The minimum absolute atomic E-state index is 0.0537. The highest BCUT2D eigenvalue weighted by molar-refractivity contribution is 7.20. The van der Waals surface area contributed by atoms with E-state index in [-0.39, 0.29) is 54.9 Å². The lowest BCUT2D eigenvalue weighted by atomic mass is 9.99. The van der Waals surface area contributed by atoms with E-state index in [1.807, 2.05) is 92.7 Å². The van der Waals surface area contributed by atoms with E-state index in [0.717, 1.165) is 26.7 Å². The molecule has 16 heteroatoms. The molecule has 0 spiro atoms. The van der Waals surface area contributed by atoms with Gasteiger partial charge in [0, 0.05) is 43.4 Å². The number of hydrogen-bond acceptors (Lipinski definition) is 8. The van der Waals surface area contributed by atoms with Gasteiger partial charge in [0.05, 0.1) is 26.5 Å². The molecular weight excluding hydrogens is 759 g/mol. The van der Waals surface area contributed by atoms with Crippen molar-refractivity contribution in [3.05, 3.63) is 101 Å². The summed E-state index contributed by atoms with van der Waals surface area (Å²) in [6.07, 6.45) is 2.71. The Morgan fingerprint density at radius 1 is 0.877 bits per heavy atom. The number of Topliss-reactive ketones (excluding diaryl/α,β-unsaturated/α-hetero) is 1. The summed E-state index contributed by atoms with van der Waals surface area (Å²) in [5, 5.41) is 10.8. The maximum atomic E-state index is 14.3. The second-order valence-corrected chi connectivity index (χ2v) is 16.3. The minimum Gasteiger partial charge on any atom is -0.370 e. The Hall–Kier alpha value is -5.87. The van der Waals surface area contributed by atoms with Gasteiger partial charge in [0.1, 0.15) is 17.2 Å². The third-order valence-electron chi connectivity index (χ3n) is 9.24. The first kappa shape index (κ1) is 42.3. The van der Waals surface area contributed by atoms with Crippen LogP contribution in [0.15, 0.2) is 90.1 Å². The number of thiazole rings is 1. The lowest BCUT2D eigenvalue weighted by Crippen LogP contribution is -2.64. The SMILES string of the molecule is CC(=O)NC([Si])(Cc1c[nH]c2ccccc12)C(=O)N[C@@H](CC(C)C)C(=O)NC(Cc1ccccc1)C(=O)N[C@@H](CCCN=C(N)N)C(=O)c1nc2ccccc2s1. The molecule has 5 rings (SSSR count). The van der Waals surface area contributed by atoms with Crippen molar-refractivity contribution in [2.45, 2.75) is 76.2 Å². The van der Waals surface area contributed by atoms with Gasteiger partial charge >= 0.3 is 0 Å². The maximum Gasteiger partial charge on any atom is 0.243 e. The molecule has 0 bridgehead atoms. The van der Waals surface area contributed by atoms with Crippen molar-refractivity contribution in [3.63, 3.8) is 0 Å². The van der Waals surface area contributed by atoms with Crippen molar-refractivity contribution in [3.8, 4) is 0 Å². The molecule has 14 nitrogen and oxygen atoms in total. The van der Waals surface area contributed by atoms with Crippen molar-refractivity contribution in [1.29, 1.82) is 0 Å². The number of fused-ring (bicyclic) bond motifs is 2. The Morgan fingerprint density at radius 3 is 2.25 bits per heavy atom. The number of nitrogens with zero attached hydrogens (tertiary/aromatic N) is 2. The molecule has 2 aromatic heterocycles. The number of nitrogens with two attached hydrogens (primary N) is 2. The van der Waals surface area contributed by atoms with Crippen LogP contribution in [0, 0.1) is 5.92 Å². The number of carbonyl (C=O) groups excluding carboxylic acids is 5. The molecule has 2 unspecified atom stereocenters. The molecular formula is C41H48N9O5SSi. The van der Waals surface area contributed by atoms with E-state index in [1.54, 1.807) is 6.20 Å². The number of benzene rings is 3. The van der Waals surface area contributed by atoms with Gasteiger partial charge in [0.2, 0.25) is 29.4 Å². The quantitative estimate of drug-likeness (QED) is 0.0215. The number of rotatable bonds is 19. The zero-order chi connectivity index (χ0) is 41.1. The average molecular weight is 807 g/mol. The molecule has 5 aromatic rings. The molecule has 3 aromatic carbocycles. The molecule has 4 atom stereocenters. The minimum atomic E-state index is -1.63. The number of aliphatic imine (C=N–C) groups is 1. The maximum absolute atomic E-state index is 14.3. The van der Waals surface area contributed by atoms with Crippen LogP contribution in [0.4, 0.5) is 0 Å². The summed E-state index contributed by atoms with van der Waals surface area (Å²) in [4.78, 5) is 80.8. The van der Waals surface area contributed by atoms with E-state index < -0.39 is 46.9 Å².